The molecule has 0 bridgehead atoms. The number of benzene rings is 1. The van der Waals surface area contributed by atoms with Crippen molar-refractivity contribution in [1.82, 2.24) is 5.32 Å². The van der Waals surface area contributed by atoms with Gasteiger partial charge in [0.2, 0.25) is 0 Å². The van der Waals surface area contributed by atoms with Crippen molar-refractivity contribution in [2.45, 2.75) is 59.8 Å². The first kappa shape index (κ1) is 28.7. The highest BCUT2D eigenvalue weighted by atomic mass is 16.5. The van der Waals surface area contributed by atoms with Gasteiger partial charge in [-0.15, -0.1) is 0 Å². The maximum atomic E-state index is 13.0. The molecule has 0 radical (unpaired) electrons. The minimum atomic E-state index is -0.845. The molecule has 0 aliphatic carbocycles. The Kier molecular flexibility index (Phi) is 10.3. The minimum absolute atomic E-state index is 0.0519. The standard InChI is InChI=1S/C28H37NO7/c1-18(9-7-8-14-29-27(33)34-6)23-16-22(30)24(26(32)36-23)25(31)19(2)15-20-10-12-21(13-11-20)35-17-28(3,4)5/h8,10-14,16,18-19,30H,7,9,15,17H2,1-6H3,(H,29,33)/b14-8+. The largest absolute Gasteiger partial charge is 0.507 e. The number of allylic oxidation sites excluding steroid dienone is 1. The summed E-state index contributed by atoms with van der Waals surface area (Å²) < 4.78 is 15.6. The summed E-state index contributed by atoms with van der Waals surface area (Å²) in [7, 11) is 1.27. The molecule has 0 spiro atoms. The zero-order chi connectivity index (χ0) is 26.9. The van der Waals surface area contributed by atoms with Crippen LogP contribution in [0.3, 0.4) is 0 Å². The second kappa shape index (κ2) is 13.0. The van der Waals surface area contributed by atoms with Crippen molar-refractivity contribution in [1.29, 1.82) is 0 Å². The summed E-state index contributed by atoms with van der Waals surface area (Å²) in [6, 6.07) is 8.85. The van der Waals surface area contributed by atoms with Gasteiger partial charge in [-0.25, -0.2) is 9.59 Å². The van der Waals surface area contributed by atoms with Crippen LogP contribution in [0.15, 0.2) is 51.8 Å². The van der Waals surface area contributed by atoms with Crippen LogP contribution in [0.1, 0.15) is 75.1 Å². The number of nitrogens with one attached hydrogen (secondary N) is 1. The molecule has 8 heteroatoms. The average Bonchev–Trinajstić information content (AvgIpc) is 2.81. The quantitative estimate of drug-likeness (QED) is 0.388. The molecule has 8 nitrogen and oxygen atoms in total. The molecule has 196 valence electrons. The second-order valence-corrected chi connectivity index (χ2v) is 10.2. The molecule has 2 aromatic rings. The Labute approximate surface area is 212 Å². The predicted octanol–water partition coefficient (Wildman–Crippen LogP) is 5.59. The van der Waals surface area contributed by atoms with E-state index >= 15 is 0 Å². The van der Waals surface area contributed by atoms with Crippen molar-refractivity contribution >= 4 is 11.9 Å². The van der Waals surface area contributed by atoms with E-state index in [2.05, 4.69) is 30.8 Å². The number of Topliss-reactive ketones (excluding diaryl/α,β-unsaturated/α-hetero) is 1. The van der Waals surface area contributed by atoms with Crippen molar-refractivity contribution in [2.75, 3.05) is 13.7 Å². The number of ketones is 1. The number of aromatic hydroxyl groups is 1. The van der Waals surface area contributed by atoms with Gasteiger partial charge in [-0.2, -0.15) is 0 Å². The third kappa shape index (κ3) is 8.91. The molecule has 2 unspecified atom stereocenters. The van der Waals surface area contributed by atoms with Gasteiger partial charge >= 0.3 is 11.7 Å². The molecule has 2 rings (SSSR count). The highest BCUT2D eigenvalue weighted by Gasteiger charge is 2.25. The van der Waals surface area contributed by atoms with Crippen LogP contribution in [-0.2, 0) is 11.2 Å². The van der Waals surface area contributed by atoms with E-state index in [1.165, 1.54) is 19.4 Å². The fourth-order valence-corrected chi connectivity index (χ4v) is 3.44. The summed E-state index contributed by atoms with van der Waals surface area (Å²) in [5, 5.41) is 12.9. The monoisotopic (exact) mass is 499 g/mol. The lowest BCUT2D eigenvalue weighted by Crippen LogP contribution is -2.22. The maximum absolute atomic E-state index is 13.0. The zero-order valence-corrected chi connectivity index (χ0v) is 21.9. The fraction of sp³-hybridized carbons (Fsp3) is 0.464. The van der Waals surface area contributed by atoms with E-state index in [0.717, 1.165) is 11.3 Å². The molecule has 2 N–H and O–H groups in total. The Hall–Kier alpha value is -3.55. The third-order valence-electron chi connectivity index (χ3n) is 5.54. The summed E-state index contributed by atoms with van der Waals surface area (Å²) in [5.41, 5.74) is -0.202. The van der Waals surface area contributed by atoms with Crippen LogP contribution in [0, 0.1) is 11.3 Å². The number of hydrogen-bond acceptors (Lipinski definition) is 7. The molecule has 36 heavy (non-hydrogen) atoms. The minimum Gasteiger partial charge on any atom is -0.507 e. The molecule has 2 atom stereocenters. The SMILES string of the molecule is COC(=O)N/C=C/CCC(C)c1cc(O)c(C(=O)C(C)Cc2ccc(OCC(C)(C)C)cc2)c(=O)o1. The highest BCUT2D eigenvalue weighted by molar-refractivity contribution is 5.99. The molecule has 1 aromatic carbocycles. The number of carbonyl (C=O) groups excluding carboxylic acids is 2. The van der Waals surface area contributed by atoms with Gasteiger partial charge in [0, 0.05) is 24.1 Å². The number of ether oxygens (including phenoxy) is 2. The van der Waals surface area contributed by atoms with Crippen molar-refractivity contribution in [3.63, 3.8) is 0 Å². The molecule has 1 heterocycles. The summed E-state index contributed by atoms with van der Waals surface area (Å²) >= 11 is 0. The number of carbonyl (C=O) groups is 2. The zero-order valence-electron chi connectivity index (χ0n) is 21.9. The first-order chi connectivity index (χ1) is 16.9. The molecule has 0 aliphatic heterocycles. The lowest BCUT2D eigenvalue weighted by molar-refractivity contribution is 0.0921. The van der Waals surface area contributed by atoms with E-state index < -0.39 is 23.4 Å². The van der Waals surface area contributed by atoms with Crippen molar-refractivity contribution < 1.29 is 28.6 Å². The van der Waals surface area contributed by atoms with Gasteiger partial charge in [0.25, 0.3) is 0 Å². The van der Waals surface area contributed by atoms with E-state index in [4.69, 9.17) is 9.15 Å². The number of hydrogen-bond donors (Lipinski definition) is 2. The number of rotatable bonds is 11. The lowest BCUT2D eigenvalue weighted by Gasteiger charge is -2.19. The molecule has 0 saturated heterocycles. The Bertz CT molecular complexity index is 1110. The topological polar surface area (TPSA) is 115 Å². The molecular formula is C28H37NO7. The van der Waals surface area contributed by atoms with Crippen molar-refractivity contribution in [3.05, 3.63) is 69.9 Å². The van der Waals surface area contributed by atoms with Crippen LogP contribution in [0.4, 0.5) is 4.79 Å². The van der Waals surface area contributed by atoms with Crippen LogP contribution in [0.25, 0.3) is 0 Å². The normalized spacial score (nSPS) is 13.3. The Balaban J connectivity index is 2.00. The van der Waals surface area contributed by atoms with Crippen LogP contribution in [0.2, 0.25) is 0 Å². The smallest absolute Gasteiger partial charge is 0.410 e. The van der Waals surface area contributed by atoms with Crippen LogP contribution >= 0.6 is 0 Å². The van der Waals surface area contributed by atoms with E-state index in [-0.39, 0.29) is 22.6 Å². The molecule has 1 aromatic heterocycles. The van der Waals surface area contributed by atoms with Crippen molar-refractivity contribution in [3.8, 4) is 11.5 Å². The first-order valence-corrected chi connectivity index (χ1v) is 12.0. The number of amides is 1. The third-order valence-corrected chi connectivity index (χ3v) is 5.54. The Morgan fingerprint density at radius 1 is 1.17 bits per heavy atom. The van der Waals surface area contributed by atoms with Gasteiger partial charge in [-0.3, -0.25) is 10.1 Å². The molecular weight excluding hydrogens is 462 g/mol. The van der Waals surface area contributed by atoms with Crippen molar-refractivity contribution in [2.24, 2.45) is 11.3 Å². The Morgan fingerprint density at radius 2 is 1.83 bits per heavy atom. The van der Waals surface area contributed by atoms with Gasteiger partial charge in [0.05, 0.1) is 13.7 Å². The van der Waals surface area contributed by atoms with E-state index in [9.17, 15) is 19.5 Å². The number of alkyl carbamates (subject to hydrolysis) is 1. The van der Waals surface area contributed by atoms with Crippen LogP contribution in [-0.4, -0.2) is 30.7 Å². The summed E-state index contributed by atoms with van der Waals surface area (Å²) in [5.74, 6) is -0.514. The summed E-state index contributed by atoms with van der Waals surface area (Å²) in [4.78, 5) is 36.6. The summed E-state index contributed by atoms with van der Waals surface area (Å²) in [6.45, 7) is 10.4. The molecule has 0 fully saturated rings. The first-order valence-electron chi connectivity index (χ1n) is 12.0. The van der Waals surface area contributed by atoms with Gasteiger partial charge < -0.3 is 19.0 Å². The summed E-state index contributed by atoms with van der Waals surface area (Å²) in [6.07, 6.45) is 4.25. The van der Waals surface area contributed by atoms with Crippen LogP contribution in [0.5, 0.6) is 11.5 Å². The van der Waals surface area contributed by atoms with Gasteiger partial charge in [0.15, 0.2) is 5.78 Å². The number of methoxy groups -OCH3 is 1. The predicted molar refractivity (Wildman–Crippen MR) is 138 cm³/mol. The van der Waals surface area contributed by atoms with Gasteiger partial charge in [-0.05, 0) is 42.4 Å². The fourth-order valence-electron chi connectivity index (χ4n) is 3.44. The molecule has 0 saturated carbocycles. The second-order valence-electron chi connectivity index (χ2n) is 10.2. The van der Waals surface area contributed by atoms with Gasteiger partial charge in [-0.1, -0.05) is 52.8 Å². The molecule has 1 amide bonds. The van der Waals surface area contributed by atoms with Crippen LogP contribution < -0.4 is 15.7 Å². The van der Waals surface area contributed by atoms with E-state index in [0.29, 0.717) is 31.6 Å². The highest BCUT2D eigenvalue weighted by Crippen LogP contribution is 2.27. The van der Waals surface area contributed by atoms with Gasteiger partial charge in [0.1, 0.15) is 22.8 Å². The Morgan fingerprint density at radius 3 is 2.42 bits per heavy atom. The molecule has 0 aliphatic rings. The maximum Gasteiger partial charge on any atom is 0.410 e. The lowest BCUT2D eigenvalue weighted by atomic mass is 9.92. The van der Waals surface area contributed by atoms with E-state index in [1.807, 2.05) is 31.2 Å². The van der Waals surface area contributed by atoms with E-state index in [1.54, 1.807) is 13.0 Å². The average molecular weight is 500 g/mol.